The third kappa shape index (κ3) is 2.02. The number of nitro benzene ring substituents is 1. The lowest BCUT2D eigenvalue weighted by atomic mass is 9.57. The van der Waals surface area contributed by atoms with Gasteiger partial charge in [-0.2, -0.15) is 0 Å². The monoisotopic (exact) mass is 340 g/mol. The number of hydrogen-bond donors (Lipinski definition) is 1. The quantitative estimate of drug-likeness (QED) is 0.674. The molecule has 1 aliphatic heterocycles. The fourth-order valence-corrected chi connectivity index (χ4v) is 4.07. The van der Waals surface area contributed by atoms with Gasteiger partial charge in [-0.1, -0.05) is 13.8 Å². The maximum Gasteiger partial charge on any atom is 0.283 e. The van der Waals surface area contributed by atoms with E-state index in [1.165, 1.54) is 6.07 Å². The van der Waals surface area contributed by atoms with Gasteiger partial charge in [0.05, 0.1) is 15.5 Å². The molecule has 2 fully saturated rings. The summed E-state index contributed by atoms with van der Waals surface area (Å²) in [6, 6.07) is 5.42. The first kappa shape index (κ1) is 13.8. The Kier molecular flexibility index (Phi) is 3.25. The molecule has 20 heavy (non-hydrogen) atoms. The van der Waals surface area contributed by atoms with E-state index in [1.54, 1.807) is 12.1 Å². The molecule has 0 aromatic heterocycles. The van der Waals surface area contributed by atoms with Crippen LogP contribution >= 0.6 is 15.9 Å². The number of hydrogen-bond acceptors (Lipinski definition) is 4. The lowest BCUT2D eigenvalue weighted by Crippen LogP contribution is -2.63. The fraction of sp³-hybridized carbons (Fsp3) is 0.571. The third-order valence-corrected chi connectivity index (χ3v) is 5.20. The van der Waals surface area contributed by atoms with Crippen molar-refractivity contribution in [1.29, 1.82) is 0 Å². The van der Waals surface area contributed by atoms with Crippen LogP contribution in [0, 0.1) is 21.4 Å². The fourth-order valence-electron chi connectivity index (χ4n) is 3.54. The van der Waals surface area contributed by atoms with Crippen LogP contribution in [0.25, 0.3) is 0 Å². The first-order valence-electron chi connectivity index (χ1n) is 6.73. The topological polar surface area (TPSA) is 64.4 Å². The van der Waals surface area contributed by atoms with Crippen molar-refractivity contribution in [2.24, 2.45) is 11.3 Å². The second kappa shape index (κ2) is 4.70. The maximum atomic E-state index is 10.8. The summed E-state index contributed by atoms with van der Waals surface area (Å²) in [5.74, 6) is 0.541. The largest absolute Gasteiger partial charge is 0.381 e. The van der Waals surface area contributed by atoms with Gasteiger partial charge >= 0.3 is 0 Å². The van der Waals surface area contributed by atoms with Crippen molar-refractivity contribution in [3.05, 3.63) is 32.8 Å². The van der Waals surface area contributed by atoms with Gasteiger partial charge in [-0.15, -0.1) is 0 Å². The van der Waals surface area contributed by atoms with Crippen LogP contribution in [0.4, 0.5) is 11.4 Å². The van der Waals surface area contributed by atoms with Crippen LogP contribution in [0.2, 0.25) is 0 Å². The molecule has 6 heteroatoms. The standard InChI is InChI=1S/C14H17BrN2O3/c1-14(2)12(9-5-6-20-13(9)14)16-8-3-4-11(17(18)19)10(15)7-8/h3-4,7,9,12-13,16H,5-6H2,1-2H3. The van der Waals surface area contributed by atoms with E-state index < -0.39 is 0 Å². The van der Waals surface area contributed by atoms with Crippen molar-refractivity contribution in [2.75, 3.05) is 11.9 Å². The minimum Gasteiger partial charge on any atom is -0.381 e. The lowest BCUT2D eigenvalue weighted by molar-refractivity contribution is -0.385. The van der Waals surface area contributed by atoms with Crippen molar-refractivity contribution in [2.45, 2.75) is 32.4 Å². The Bertz CT molecular complexity index is 561. The predicted molar refractivity (Wildman–Crippen MR) is 79.8 cm³/mol. The summed E-state index contributed by atoms with van der Waals surface area (Å²) in [6.45, 7) is 5.25. The number of rotatable bonds is 3. The molecular weight excluding hydrogens is 324 g/mol. The highest BCUT2D eigenvalue weighted by Gasteiger charge is 2.59. The summed E-state index contributed by atoms with van der Waals surface area (Å²) in [7, 11) is 0. The maximum absolute atomic E-state index is 10.8. The molecule has 108 valence electrons. The van der Waals surface area contributed by atoms with Gasteiger partial charge in [0.15, 0.2) is 0 Å². The molecule has 3 unspecified atom stereocenters. The van der Waals surface area contributed by atoms with Gasteiger partial charge in [0.1, 0.15) is 0 Å². The van der Waals surface area contributed by atoms with E-state index in [1.807, 2.05) is 0 Å². The van der Waals surface area contributed by atoms with E-state index >= 15 is 0 Å². The Morgan fingerprint density at radius 1 is 1.50 bits per heavy atom. The number of fused-ring (bicyclic) bond motifs is 1. The Hall–Kier alpha value is -1.14. The van der Waals surface area contributed by atoms with Gasteiger partial charge in [0, 0.05) is 35.7 Å². The number of ether oxygens (including phenoxy) is 1. The highest BCUT2D eigenvalue weighted by Crippen LogP contribution is 2.53. The number of benzene rings is 1. The van der Waals surface area contributed by atoms with E-state index in [9.17, 15) is 10.1 Å². The molecule has 1 aromatic carbocycles. The molecule has 3 atom stereocenters. The van der Waals surface area contributed by atoms with E-state index in [0.717, 1.165) is 18.7 Å². The predicted octanol–water partition coefficient (Wildman–Crippen LogP) is 3.58. The molecule has 1 saturated carbocycles. The normalized spacial score (nSPS) is 30.4. The summed E-state index contributed by atoms with van der Waals surface area (Å²) in [6.07, 6.45) is 1.42. The third-order valence-electron chi connectivity index (χ3n) is 4.57. The second-order valence-electron chi connectivity index (χ2n) is 6.11. The van der Waals surface area contributed by atoms with Gasteiger partial charge in [-0.05, 0) is 34.5 Å². The Morgan fingerprint density at radius 3 is 2.90 bits per heavy atom. The summed E-state index contributed by atoms with van der Waals surface area (Å²) in [5, 5.41) is 14.3. The van der Waals surface area contributed by atoms with Crippen LogP contribution in [-0.2, 0) is 4.74 Å². The molecule has 1 aromatic rings. The minimum atomic E-state index is -0.387. The molecule has 1 aliphatic carbocycles. The average Bonchev–Trinajstić information content (AvgIpc) is 2.82. The first-order valence-corrected chi connectivity index (χ1v) is 7.52. The molecule has 1 saturated heterocycles. The number of halogens is 1. The molecule has 1 heterocycles. The van der Waals surface area contributed by atoms with Crippen LogP contribution in [0.3, 0.4) is 0 Å². The molecular formula is C14H17BrN2O3. The zero-order valence-corrected chi connectivity index (χ0v) is 13.0. The molecule has 5 nitrogen and oxygen atoms in total. The highest BCUT2D eigenvalue weighted by molar-refractivity contribution is 9.10. The van der Waals surface area contributed by atoms with Gasteiger partial charge in [0.2, 0.25) is 0 Å². The van der Waals surface area contributed by atoms with Crippen molar-refractivity contribution >= 4 is 27.3 Å². The number of nitrogens with one attached hydrogen (secondary N) is 1. The first-order chi connectivity index (χ1) is 9.41. The van der Waals surface area contributed by atoms with Gasteiger partial charge < -0.3 is 10.1 Å². The van der Waals surface area contributed by atoms with Crippen LogP contribution < -0.4 is 5.32 Å². The second-order valence-corrected chi connectivity index (χ2v) is 6.96. The summed E-state index contributed by atoms with van der Waals surface area (Å²) >= 11 is 3.26. The van der Waals surface area contributed by atoms with Crippen molar-refractivity contribution in [3.8, 4) is 0 Å². The average molecular weight is 341 g/mol. The Morgan fingerprint density at radius 2 is 2.25 bits per heavy atom. The molecule has 1 N–H and O–H groups in total. The molecule has 3 rings (SSSR count). The van der Waals surface area contributed by atoms with Crippen molar-refractivity contribution in [3.63, 3.8) is 0 Å². The van der Waals surface area contributed by atoms with Crippen LogP contribution in [0.15, 0.2) is 22.7 Å². The summed E-state index contributed by atoms with van der Waals surface area (Å²) in [4.78, 5) is 10.4. The molecule has 0 amide bonds. The van der Waals surface area contributed by atoms with Crippen molar-refractivity contribution in [1.82, 2.24) is 0 Å². The van der Waals surface area contributed by atoms with E-state index in [4.69, 9.17) is 4.74 Å². The van der Waals surface area contributed by atoms with Crippen LogP contribution in [0.5, 0.6) is 0 Å². The van der Waals surface area contributed by atoms with Gasteiger partial charge in [0.25, 0.3) is 5.69 Å². The zero-order chi connectivity index (χ0) is 14.5. The number of nitro groups is 1. The summed E-state index contributed by atoms with van der Waals surface area (Å²) < 4.78 is 6.27. The highest BCUT2D eigenvalue weighted by atomic mass is 79.9. The smallest absolute Gasteiger partial charge is 0.283 e. The van der Waals surface area contributed by atoms with Gasteiger partial charge in [-0.25, -0.2) is 0 Å². The van der Waals surface area contributed by atoms with Crippen molar-refractivity contribution < 1.29 is 9.66 Å². The molecule has 2 aliphatic rings. The Balaban J connectivity index is 1.78. The SMILES string of the molecule is CC1(C)C(Nc2ccc([N+](=O)[O-])c(Br)c2)C2CCOC21. The van der Waals surface area contributed by atoms with Crippen LogP contribution in [0.1, 0.15) is 20.3 Å². The number of anilines is 1. The zero-order valence-electron chi connectivity index (χ0n) is 11.4. The van der Waals surface area contributed by atoms with E-state index in [2.05, 4.69) is 35.1 Å². The minimum absolute atomic E-state index is 0.0884. The van der Waals surface area contributed by atoms with Crippen LogP contribution in [-0.4, -0.2) is 23.7 Å². The molecule has 0 bridgehead atoms. The van der Waals surface area contributed by atoms with E-state index in [0.29, 0.717) is 22.5 Å². The van der Waals surface area contributed by atoms with E-state index in [-0.39, 0.29) is 16.0 Å². The summed E-state index contributed by atoms with van der Waals surface area (Å²) in [5.41, 5.74) is 1.09. The Labute approximate surface area is 126 Å². The van der Waals surface area contributed by atoms with Gasteiger partial charge in [-0.3, -0.25) is 10.1 Å². The molecule has 0 spiro atoms. The number of nitrogens with zero attached hydrogens (tertiary/aromatic N) is 1. The molecule has 0 radical (unpaired) electrons. The lowest BCUT2D eigenvalue weighted by Gasteiger charge is -2.55.